The third-order valence-electron chi connectivity index (χ3n) is 5.11. The maximum Gasteiger partial charge on any atom is 0.220 e. The van der Waals surface area contributed by atoms with Crippen LogP contribution in [0.25, 0.3) is 10.6 Å². The van der Waals surface area contributed by atoms with E-state index >= 15 is 0 Å². The van der Waals surface area contributed by atoms with Crippen LogP contribution in [-0.4, -0.2) is 35.7 Å². The van der Waals surface area contributed by atoms with Gasteiger partial charge in [0, 0.05) is 31.6 Å². The summed E-state index contributed by atoms with van der Waals surface area (Å²) in [6.07, 6.45) is 2.89. The van der Waals surface area contributed by atoms with E-state index in [9.17, 15) is 4.79 Å². The molecular weight excluding hydrogens is 308 g/mol. The fourth-order valence-corrected chi connectivity index (χ4v) is 4.65. The first-order valence-corrected chi connectivity index (χ1v) is 8.91. The molecule has 3 atom stereocenters. The van der Waals surface area contributed by atoms with E-state index in [2.05, 4.69) is 39.6 Å². The SMILES string of the molecule is CN(c1nnc(-c2ccccc2)s1)[C@H]1C[C@H]2CC(=O)NC[C@H]2C1. The zero-order chi connectivity index (χ0) is 15.8. The van der Waals surface area contributed by atoms with Crippen molar-refractivity contribution in [3.05, 3.63) is 30.3 Å². The second kappa shape index (κ2) is 5.92. The summed E-state index contributed by atoms with van der Waals surface area (Å²) in [5.74, 6) is 1.34. The fraction of sp³-hybridized carbons (Fsp3) is 0.471. The van der Waals surface area contributed by atoms with Crippen molar-refractivity contribution < 1.29 is 4.79 Å². The van der Waals surface area contributed by atoms with Crippen LogP contribution in [0.5, 0.6) is 0 Å². The number of fused-ring (bicyclic) bond motifs is 1. The van der Waals surface area contributed by atoms with Crippen molar-refractivity contribution in [3.8, 4) is 10.6 Å². The second-order valence-electron chi connectivity index (χ2n) is 6.52. The van der Waals surface area contributed by atoms with Gasteiger partial charge in [-0.15, -0.1) is 10.2 Å². The quantitative estimate of drug-likeness (QED) is 0.941. The van der Waals surface area contributed by atoms with Gasteiger partial charge in [-0.3, -0.25) is 4.79 Å². The molecule has 2 aliphatic rings. The molecule has 0 unspecified atom stereocenters. The maximum atomic E-state index is 11.6. The molecule has 23 heavy (non-hydrogen) atoms. The van der Waals surface area contributed by atoms with Crippen LogP contribution in [0, 0.1) is 11.8 Å². The summed E-state index contributed by atoms with van der Waals surface area (Å²) in [6, 6.07) is 10.6. The van der Waals surface area contributed by atoms with Crippen LogP contribution in [0.3, 0.4) is 0 Å². The van der Waals surface area contributed by atoms with Crippen molar-refractivity contribution >= 4 is 22.4 Å². The number of benzene rings is 1. The smallest absolute Gasteiger partial charge is 0.220 e. The first-order valence-electron chi connectivity index (χ1n) is 8.09. The summed E-state index contributed by atoms with van der Waals surface area (Å²) >= 11 is 1.64. The number of amides is 1. The highest BCUT2D eigenvalue weighted by Gasteiger charge is 2.40. The molecule has 1 N–H and O–H groups in total. The summed E-state index contributed by atoms with van der Waals surface area (Å²) in [5, 5.41) is 13.6. The Labute approximate surface area is 139 Å². The molecule has 1 aliphatic heterocycles. The Morgan fingerprint density at radius 1 is 1.17 bits per heavy atom. The van der Waals surface area contributed by atoms with Crippen molar-refractivity contribution in [3.63, 3.8) is 0 Å². The van der Waals surface area contributed by atoms with Gasteiger partial charge in [0.2, 0.25) is 11.0 Å². The van der Waals surface area contributed by atoms with Crippen molar-refractivity contribution in [2.45, 2.75) is 25.3 Å². The average Bonchev–Trinajstić information content (AvgIpc) is 3.21. The largest absolute Gasteiger partial charge is 0.356 e. The Morgan fingerprint density at radius 3 is 2.78 bits per heavy atom. The summed E-state index contributed by atoms with van der Waals surface area (Å²) < 4.78 is 0. The molecule has 1 saturated carbocycles. The Kier molecular flexibility index (Phi) is 3.77. The van der Waals surface area contributed by atoms with E-state index in [1.54, 1.807) is 11.3 Å². The number of aromatic nitrogens is 2. The molecular formula is C17H20N4OS. The molecule has 5 nitrogen and oxygen atoms in total. The molecule has 2 aromatic rings. The number of nitrogens with one attached hydrogen (secondary N) is 1. The van der Waals surface area contributed by atoms with Gasteiger partial charge in [-0.1, -0.05) is 41.7 Å². The lowest BCUT2D eigenvalue weighted by Gasteiger charge is -2.24. The number of rotatable bonds is 3. The zero-order valence-corrected chi connectivity index (χ0v) is 13.9. The summed E-state index contributed by atoms with van der Waals surface area (Å²) in [6.45, 7) is 0.833. The Morgan fingerprint density at radius 2 is 1.96 bits per heavy atom. The third kappa shape index (κ3) is 2.83. The van der Waals surface area contributed by atoms with Gasteiger partial charge in [-0.05, 0) is 24.7 Å². The molecule has 0 spiro atoms. The Hall–Kier alpha value is -1.95. The number of hydrogen-bond donors (Lipinski definition) is 1. The molecule has 0 bridgehead atoms. The summed E-state index contributed by atoms with van der Waals surface area (Å²) in [7, 11) is 2.10. The molecule has 120 valence electrons. The topological polar surface area (TPSA) is 58.1 Å². The van der Waals surface area contributed by atoms with Crippen molar-refractivity contribution in [2.24, 2.45) is 11.8 Å². The van der Waals surface area contributed by atoms with Crippen LogP contribution in [0.2, 0.25) is 0 Å². The van der Waals surface area contributed by atoms with Gasteiger partial charge in [0.1, 0.15) is 5.01 Å². The highest BCUT2D eigenvalue weighted by atomic mass is 32.1. The first kappa shape index (κ1) is 14.6. The molecule has 1 aromatic heterocycles. The predicted octanol–water partition coefficient (Wildman–Crippen LogP) is 2.56. The standard InChI is InChI=1S/C17H20N4OS/c1-21(14-7-12-9-15(22)18-10-13(12)8-14)17-20-19-16(23-17)11-5-3-2-4-6-11/h2-6,12-14H,7-10H2,1H3,(H,18,22)/t12-,13+,14-/m0/s1. The molecule has 2 fully saturated rings. The van der Waals surface area contributed by atoms with Crippen molar-refractivity contribution in [1.82, 2.24) is 15.5 Å². The van der Waals surface area contributed by atoms with Crippen LogP contribution in [0.1, 0.15) is 19.3 Å². The molecule has 6 heteroatoms. The van der Waals surface area contributed by atoms with E-state index in [-0.39, 0.29) is 5.91 Å². The average molecular weight is 328 g/mol. The number of carbonyl (C=O) groups excluding carboxylic acids is 1. The van der Waals surface area contributed by atoms with Crippen LogP contribution < -0.4 is 10.2 Å². The summed E-state index contributed by atoms with van der Waals surface area (Å²) in [5.41, 5.74) is 1.11. The van der Waals surface area contributed by atoms with Gasteiger partial charge in [0.15, 0.2) is 0 Å². The van der Waals surface area contributed by atoms with Gasteiger partial charge < -0.3 is 10.2 Å². The molecule has 2 heterocycles. The maximum absolute atomic E-state index is 11.6. The minimum absolute atomic E-state index is 0.205. The van der Waals surface area contributed by atoms with Crippen molar-refractivity contribution in [1.29, 1.82) is 0 Å². The van der Waals surface area contributed by atoms with E-state index in [1.807, 2.05) is 18.2 Å². The summed E-state index contributed by atoms with van der Waals surface area (Å²) in [4.78, 5) is 13.8. The monoisotopic (exact) mass is 328 g/mol. The molecule has 1 aliphatic carbocycles. The first-order chi connectivity index (χ1) is 11.2. The fourth-order valence-electron chi connectivity index (χ4n) is 3.76. The number of hydrogen-bond acceptors (Lipinski definition) is 5. The Balaban J connectivity index is 1.49. The minimum atomic E-state index is 0.205. The second-order valence-corrected chi connectivity index (χ2v) is 7.48. The van der Waals surface area contributed by atoms with Gasteiger partial charge >= 0.3 is 0 Å². The van der Waals surface area contributed by atoms with Gasteiger partial charge in [-0.2, -0.15) is 0 Å². The molecule has 1 saturated heterocycles. The van der Waals surface area contributed by atoms with E-state index in [0.717, 1.165) is 35.1 Å². The molecule has 1 amide bonds. The van der Waals surface area contributed by atoms with Gasteiger partial charge in [0.05, 0.1) is 0 Å². The van der Waals surface area contributed by atoms with Crippen LogP contribution in [0.4, 0.5) is 5.13 Å². The van der Waals surface area contributed by atoms with Crippen LogP contribution in [0.15, 0.2) is 30.3 Å². The molecule has 0 radical (unpaired) electrons. The number of carbonyl (C=O) groups is 1. The Bertz CT molecular complexity index is 702. The molecule has 1 aromatic carbocycles. The highest BCUT2D eigenvalue weighted by molar-refractivity contribution is 7.18. The van der Waals surface area contributed by atoms with Gasteiger partial charge in [-0.25, -0.2) is 0 Å². The highest BCUT2D eigenvalue weighted by Crippen LogP contribution is 2.40. The number of piperidine rings is 1. The van der Waals surface area contributed by atoms with Gasteiger partial charge in [0.25, 0.3) is 0 Å². The van der Waals surface area contributed by atoms with Crippen LogP contribution in [-0.2, 0) is 4.79 Å². The lowest BCUT2D eigenvalue weighted by atomic mass is 9.89. The normalized spacial score (nSPS) is 26.7. The predicted molar refractivity (Wildman–Crippen MR) is 91.4 cm³/mol. The van der Waals surface area contributed by atoms with Crippen LogP contribution >= 0.6 is 11.3 Å². The van der Waals surface area contributed by atoms with E-state index < -0.39 is 0 Å². The van der Waals surface area contributed by atoms with E-state index in [0.29, 0.717) is 24.3 Å². The minimum Gasteiger partial charge on any atom is -0.356 e. The number of nitrogens with zero attached hydrogens (tertiary/aromatic N) is 3. The lowest BCUT2D eigenvalue weighted by molar-refractivity contribution is -0.124. The van der Waals surface area contributed by atoms with E-state index in [4.69, 9.17) is 0 Å². The number of anilines is 1. The van der Waals surface area contributed by atoms with Crippen molar-refractivity contribution in [2.75, 3.05) is 18.5 Å². The molecule has 4 rings (SSSR count). The zero-order valence-electron chi connectivity index (χ0n) is 13.1. The third-order valence-corrected chi connectivity index (χ3v) is 6.17. The van der Waals surface area contributed by atoms with E-state index in [1.165, 1.54) is 0 Å². The lowest BCUT2D eigenvalue weighted by Crippen LogP contribution is -2.38.